The van der Waals surface area contributed by atoms with E-state index < -0.39 is 10.0 Å². The Morgan fingerprint density at radius 1 is 1.10 bits per heavy atom. The third-order valence-electron chi connectivity index (χ3n) is 5.42. The van der Waals surface area contributed by atoms with Crippen LogP contribution in [0.1, 0.15) is 5.56 Å². The largest absolute Gasteiger partial charge is 0.379 e. The van der Waals surface area contributed by atoms with E-state index in [0.717, 1.165) is 18.7 Å². The second kappa shape index (κ2) is 7.38. The van der Waals surface area contributed by atoms with Gasteiger partial charge in [0.05, 0.1) is 30.5 Å². The lowest BCUT2D eigenvalue weighted by Gasteiger charge is -2.36. The van der Waals surface area contributed by atoms with Gasteiger partial charge in [-0.1, -0.05) is 18.2 Å². The molecule has 3 aromatic rings. The normalized spacial score (nSPS) is 17.7. The molecule has 0 aliphatic carbocycles. The quantitative estimate of drug-likeness (QED) is 0.679. The Morgan fingerprint density at radius 3 is 2.63 bits per heavy atom. The van der Waals surface area contributed by atoms with Crippen molar-refractivity contribution in [1.82, 2.24) is 19.2 Å². The summed E-state index contributed by atoms with van der Waals surface area (Å²) in [5, 5.41) is 3.50. The van der Waals surface area contributed by atoms with Gasteiger partial charge in [-0.15, -0.1) is 0 Å². The first kappa shape index (κ1) is 19.0. The summed E-state index contributed by atoms with van der Waals surface area (Å²) < 4.78 is 32.9. The number of carbonyl (C=O) groups is 1. The van der Waals surface area contributed by atoms with Crippen LogP contribution >= 0.6 is 0 Å². The number of nitrogens with one attached hydrogen (secondary N) is 1. The van der Waals surface area contributed by atoms with Crippen molar-refractivity contribution in [3.8, 4) is 0 Å². The highest BCUT2D eigenvalue weighted by molar-refractivity contribution is 7.90. The fraction of sp³-hybridized carbons (Fsp3) is 0.300. The number of urea groups is 1. The van der Waals surface area contributed by atoms with E-state index in [2.05, 4.69) is 15.2 Å². The summed E-state index contributed by atoms with van der Waals surface area (Å²) in [6, 6.07) is 9.75. The summed E-state index contributed by atoms with van der Waals surface area (Å²) in [6.07, 6.45) is 3.14. The fourth-order valence-corrected chi connectivity index (χ4v) is 5.21. The molecule has 0 atom stereocenters. The number of ether oxygens (including phenoxy) is 1. The van der Waals surface area contributed by atoms with Crippen LogP contribution in [0.15, 0.2) is 53.7 Å². The van der Waals surface area contributed by atoms with E-state index in [1.165, 1.54) is 10.2 Å². The molecule has 2 aliphatic heterocycles. The molecule has 0 saturated carbocycles. The van der Waals surface area contributed by atoms with Gasteiger partial charge in [-0.2, -0.15) is 0 Å². The van der Waals surface area contributed by atoms with E-state index in [1.807, 2.05) is 0 Å². The lowest BCUT2D eigenvalue weighted by atomic mass is 10.1. The Morgan fingerprint density at radius 2 is 1.87 bits per heavy atom. The predicted octanol–water partition coefficient (Wildman–Crippen LogP) is 1.59. The van der Waals surface area contributed by atoms with Gasteiger partial charge in [-0.25, -0.2) is 22.2 Å². The van der Waals surface area contributed by atoms with Crippen molar-refractivity contribution in [1.29, 1.82) is 0 Å². The minimum atomic E-state index is -3.80. The molecule has 0 bridgehead atoms. The molecule has 1 saturated heterocycles. The molecular formula is C20H21N5O4S. The zero-order chi connectivity index (χ0) is 20.7. The predicted molar refractivity (Wildman–Crippen MR) is 111 cm³/mol. The van der Waals surface area contributed by atoms with E-state index in [9.17, 15) is 13.2 Å². The van der Waals surface area contributed by atoms with Crippen LogP contribution in [-0.4, -0.2) is 61.3 Å². The molecular weight excluding hydrogens is 406 g/mol. The van der Waals surface area contributed by atoms with Crippen molar-refractivity contribution in [3.05, 3.63) is 54.4 Å². The van der Waals surface area contributed by atoms with Gasteiger partial charge in [0.1, 0.15) is 0 Å². The van der Waals surface area contributed by atoms with Crippen molar-refractivity contribution in [2.45, 2.75) is 11.4 Å². The van der Waals surface area contributed by atoms with Gasteiger partial charge < -0.3 is 10.1 Å². The maximum Gasteiger partial charge on any atom is 0.323 e. The van der Waals surface area contributed by atoms with Crippen LogP contribution < -0.4 is 10.2 Å². The molecule has 0 spiro atoms. The van der Waals surface area contributed by atoms with E-state index in [-0.39, 0.29) is 10.9 Å². The summed E-state index contributed by atoms with van der Waals surface area (Å²) in [4.78, 5) is 21.1. The van der Waals surface area contributed by atoms with Crippen LogP contribution in [0, 0.1) is 0 Å². The van der Waals surface area contributed by atoms with Gasteiger partial charge in [0, 0.05) is 43.0 Å². The standard InChI is InChI=1S/C20H21N5O4S/c26-20-22-13-15-12-21-19-17(18(15)24(20)14-23-8-10-29-11-9-23)6-7-25(19)30(27,28)16-4-2-1-3-5-16/h1-7,12H,8-11,13-14H2,(H,22,26). The van der Waals surface area contributed by atoms with Gasteiger partial charge in [-0.3, -0.25) is 9.80 Å². The van der Waals surface area contributed by atoms with Crippen LogP contribution in [0.4, 0.5) is 10.5 Å². The molecule has 4 heterocycles. The molecule has 30 heavy (non-hydrogen) atoms. The van der Waals surface area contributed by atoms with Gasteiger partial charge in [0.15, 0.2) is 5.65 Å². The second-order valence-electron chi connectivity index (χ2n) is 7.26. The molecule has 5 rings (SSSR count). The maximum atomic E-state index is 13.1. The Labute approximate surface area is 173 Å². The SMILES string of the molecule is O=C1NCc2cnc3c(ccn3S(=O)(=O)c3ccccc3)c2N1CN1CCOCC1. The molecule has 1 aromatic carbocycles. The Hall–Kier alpha value is -2.95. The first-order valence-corrected chi connectivity index (χ1v) is 11.1. The average Bonchev–Trinajstić information content (AvgIpc) is 3.22. The van der Waals surface area contributed by atoms with E-state index >= 15 is 0 Å². The Bertz CT molecular complexity index is 1200. The van der Waals surface area contributed by atoms with E-state index in [0.29, 0.717) is 43.1 Å². The molecule has 2 aliphatic rings. The van der Waals surface area contributed by atoms with Crippen molar-refractivity contribution in [2.24, 2.45) is 0 Å². The Kier molecular flexibility index (Phi) is 4.69. The van der Waals surface area contributed by atoms with Crippen LogP contribution in [0.3, 0.4) is 0 Å². The van der Waals surface area contributed by atoms with Crippen molar-refractivity contribution in [3.63, 3.8) is 0 Å². The highest BCUT2D eigenvalue weighted by Gasteiger charge is 2.30. The molecule has 156 valence electrons. The fourth-order valence-electron chi connectivity index (χ4n) is 3.88. The summed E-state index contributed by atoms with van der Waals surface area (Å²) in [7, 11) is -3.80. The molecule has 2 aromatic heterocycles. The third kappa shape index (κ3) is 3.13. The van der Waals surface area contributed by atoms with Gasteiger partial charge in [0.25, 0.3) is 10.0 Å². The number of hydrogen-bond donors (Lipinski definition) is 1. The topological polar surface area (TPSA) is 96.8 Å². The smallest absolute Gasteiger partial charge is 0.323 e. The monoisotopic (exact) mass is 427 g/mol. The second-order valence-corrected chi connectivity index (χ2v) is 9.07. The van der Waals surface area contributed by atoms with E-state index in [4.69, 9.17) is 4.74 Å². The number of fused-ring (bicyclic) bond motifs is 3. The number of carbonyl (C=O) groups excluding carboxylic acids is 1. The lowest BCUT2D eigenvalue weighted by molar-refractivity contribution is 0.0386. The number of pyridine rings is 1. The van der Waals surface area contributed by atoms with Gasteiger partial charge in [-0.05, 0) is 18.2 Å². The summed E-state index contributed by atoms with van der Waals surface area (Å²) in [5.41, 5.74) is 1.86. The number of anilines is 1. The molecule has 1 N–H and O–H groups in total. The summed E-state index contributed by atoms with van der Waals surface area (Å²) >= 11 is 0. The maximum absolute atomic E-state index is 13.1. The van der Waals surface area contributed by atoms with E-state index in [1.54, 1.807) is 47.5 Å². The molecule has 10 heteroatoms. The van der Waals surface area contributed by atoms with Crippen molar-refractivity contribution in [2.75, 3.05) is 37.9 Å². The number of rotatable bonds is 4. The van der Waals surface area contributed by atoms with Gasteiger partial charge in [0.2, 0.25) is 0 Å². The van der Waals surface area contributed by atoms with Crippen LogP contribution in [0.2, 0.25) is 0 Å². The zero-order valence-electron chi connectivity index (χ0n) is 16.2. The first-order chi connectivity index (χ1) is 14.6. The number of morpholine rings is 1. The molecule has 0 radical (unpaired) electrons. The number of nitrogens with zero attached hydrogens (tertiary/aromatic N) is 4. The molecule has 1 fully saturated rings. The van der Waals surface area contributed by atoms with Crippen LogP contribution in [0.5, 0.6) is 0 Å². The van der Waals surface area contributed by atoms with Crippen molar-refractivity contribution >= 4 is 32.8 Å². The zero-order valence-corrected chi connectivity index (χ0v) is 17.0. The third-order valence-corrected chi connectivity index (χ3v) is 7.10. The average molecular weight is 427 g/mol. The number of benzene rings is 1. The number of aromatic nitrogens is 2. The Balaban J connectivity index is 1.61. The lowest BCUT2D eigenvalue weighted by Crippen LogP contribution is -2.51. The molecule has 2 amide bonds. The summed E-state index contributed by atoms with van der Waals surface area (Å²) in [5.74, 6) is 0. The minimum Gasteiger partial charge on any atom is -0.379 e. The molecule has 0 unspecified atom stereocenters. The summed E-state index contributed by atoms with van der Waals surface area (Å²) in [6.45, 7) is 3.47. The van der Waals surface area contributed by atoms with Gasteiger partial charge >= 0.3 is 6.03 Å². The number of amides is 2. The van der Waals surface area contributed by atoms with Crippen molar-refractivity contribution < 1.29 is 17.9 Å². The first-order valence-electron chi connectivity index (χ1n) is 9.71. The minimum absolute atomic E-state index is 0.185. The van der Waals surface area contributed by atoms with Crippen LogP contribution in [-0.2, 0) is 21.3 Å². The van der Waals surface area contributed by atoms with Crippen LogP contribution in [0.25, 0.3) is 11.0 Å². The highest BCUT2D eigenvalue weighted by atomic mass is 32.2. The number of hydrogen-bond acceptors (Lipinski definition) is 6. The highest BCUT2D eigenvalue weighted by Crippen LogP contribution is 2.34. The molecule has 9 nitrogen and oxygen atoms in total.